The van der Waals surface area contributed by atoms with E-state index in [0.717, 1.165) is 56.3 Å². The molecule has 2 aliphatic rings. The van der Waals surface area contributed by atoms with Crippen molar-refractivity contribution < 1.29 is 4.74 Å². The monoisotopic (exact) mass is 456 g/mol. The number of aliphatic imine (C=N–C) groups is 1. The standard InChI is InChI=1S/C21H28N4OS.2ClH/c1-4-16-13-17-20(25-11-10-24(2)15(14-25)9-12-26-3)22-18-7-5-6-8-19(18)23-21(17)27-16;;/h5-8,13,15,23H,4,9-12,14H2,1-3H3;2*1H. The molecule has 29 heavy (non-hydrogen) atoms. The molecule has 1 fully saturated rings. The maximum atomic E-state index is 5.33. The van der Waals surface area contributed by atoms with Gasteiger partial charge in [-0.15, -0.1) is 36.2 Å². The molecule has 0 radical (unpaired) electrons. The highest BCUT2D eigenvalue weighted by molar-refractivity contribution is 7.16. The highest BCUT2D eigenvalue weighted by Crippen LogP contribution is 2.39. The Labute approximate surface area is 190 Å². The van der Waals surface area contributed by atoms with Crippen LogP contribution in [-0.2, 0) is 11.2 Å². The number of rotatable bonds is 4. The Bertz CT molecular complexity index is 842. The van der Waals surface area contributed by atoms with Gasteiger partial charge in [-0.1, -0.05) is 19.1 Å². The molecule has 5 nitrogen and oxygen atoms in total. The van der Waals surface area contributed by atoms with Crippen molar-refractivity contribution in [1.29, 1.82) is 0 Å². The van der Waals surface area contributed by atoms with E-state index in [-0.39, 0.29) is 24.8 Å². The Balaban J connectivity index is 0.00000150. The van der Waals surface area contributed by atoms with E-state index in [1.807, 2.05) is 11.3 Å². The summed E-state index contributed by atoms with van der Waals surface area (Å²) in [6.07, 6.45) is 2.09. The molecule has 1 N–H and O–H groups in total. The number of aryl methyl sites for hydroxylation is 1. The predicted octanol–water partition coefficient (Wildman–Crippen LogP) is 4.94. The molecule has 0 aliphatic carbocycles. The number of piperazine rings is 1. The lowest BCUT2D eigenvalue weighted by molar-refractivity contribution is 0.100. The Morgan fingerprint density at radius 1 is 1.24 bits per heavy atom. The summed E-state index contributed by atoms with van der Waals surface area (Å²) in [6.45, 7) is 6.04. The molecule has 1 aromatic carbocycles. The fourth-order valence-electron chi connectivity index (χ4n) is 3.79. The van der Waals surface area contributed by atoms with Crippen LogP contribution in [0.3, 0.4) is 0 Å². The van der Waals surface area contributed by atoms with E-state index in [0.29, 0.717) is 6.04 Å². The molecule has 8 heteroatoms. The third-order valence-corrected chi connectivity index (χ3v) is 6.68. The first-order valence-electron chi connectivity index (χ1n) is 9.71. The van der Waals surface area contributed by atoms with E-state index in [1.165, 1.54) is 15.4 Å². The number of ether oxygens (including phenoxy) is 1. The molecule has 2 aliphatic heterocycles. The zero-order chi connectivity index (χ0) is 18.8. The van der Waals surface area contributed by atoms with E-state index < -0.39 is 0 Å². The zero-order valence-corrected chi connectivity index (χ0v) is 19.6. The third-order valence-electron chi connectivity index (χ3n) is 5.48. The topological polar surface area (TPSA) is 40.1 Å². The van der Waals surface area contributed by atoms with Crippen LogP contribution in [0.5, 0.6) is 0 Å². The number of benzene rings is 1. The van der Waals surface area contributed by atoms with E-state index in [9.17, 15) is 0 Å². The SMILES string of the molecule is CCc1cc2c(s1)Nc1ccccc1N=C2N1CCN(C)C(CCOC)C1.Cl.Cl. The molecular weight excluding hydrogens is 427 g/mol. The lowest BCUT2D eigenvalue weighted by Gasteiger charge is -2.40. The van der Waals surface area contributed by atoms with Crippen LogP contribution in [-0.4, -0.2) is 62.1 Å². The summed E-state index contributed by atoms with van der Waals surface area (Å²) in [4.78, 5) is 11.4. The summed E-state index contributed by atoms with van der Waals surface area (Å²) in [5.41, 5.74) is 3.34. The highest BCUT2D eigenvalue weighted by Gasteiger charge is 2.30. The largest absolute Gasteiger partial charge is 0.385 e. The van der Waals surface area contributed by atoms with Crippen molar-refractivity contribution in [2.24, 2.45) is 4.99 Å². The number of methoxy groups -OCH3 is 1. The lowest BCUT2D eigenvalue weighted by atomic mass is 10.1. The van der Waals surface area contributed by atoms with Crippen LogP contribution in [0.25, 0.3) is 0 Å². The maximum absolute atomic E-state index is 5.33. The Morgan fingerprint density at radius 2 is 2.03 bits per heavy atom. The maximum Gasteiger partial charge on any atom is 0.139 e. The van der Waals surface area contributed by atoms with Crippen LogP contribution < -0.4 is 5.32 Å². The highest BCUT2D eigenvalue weighted by atomic mass is 35.5. The first kappa shape index (κ1) is 24.0. The number of likely N-dealkylation sites (N-methyl/N-ethyl adjacent to an activating group) is 1. The average molecular weight is 457 g/mol. The summed E-state index contributed by atoms with van der Waals surface area (Å²) in [5.74, 6) is 1.11. The average Bonchev–Trinajstić information content (AvgIpc) is 3.02. The molecule has 1 unspecified atom stereocenters. The number of fused-ring (bicyclic) bond motifs is 2. The molecule has 1 aromatic heterocycles. The molecule has 0 amide bonds. The van der Waals surface area contributed by atoms with Crippen LogP contribution in [0.15, 0.2) is 35.3 Å². The summed E-state index contributed by atoms with van der Waals surface area (Å²) >= 11 is 1.85. The van der Waals surface area contributed by atoms with Gasteiger partial charge in [-0.2, -0.15) is 0 Å². The van der Waals surface area contributed by atoms with Gasteiger partial charge in [0.2, 0.25) is 0 Å². The van der Waals surface area contributed by atoms with Gasteiger partial charge >= 0.3 is 0 Å². The smallest absolute Gasteiger partial charge is 0.139 e. The molecule has 4 rings (SSSR count). The summed E-state index contributed by atoms with van der Waals surface area (Å²) in [6, 6.07) is 11.1. The summed E-state index contributed by atoms with van der Waals surface area (Å²) in [5, 5.41) is 4.84. The van der Waals surface area contributed by atoms with Crippen molar-refractivity contribution in [3.63, 3.8) is 0 Å². The fourth-order valence-corrected chi connectivity index (χ4v) is 4.80. The van der Waals surface area contributed by atoms with Gasteiger partial charge in [0.15, 0.2) is 0 Å². The normalized spacial score (nSPS) is 18.4. The summed E-state index contributed by atoms with van der Waals surface area (Å²) < 4.78 is 5.33. The number of anilines is 2. The van der Waals surface area contributed by atoms with Crippen LogP contribution >= 0.6 is 36.2 Å². The second kappa shape index (κ2) is 10.6. The summed E-state index contributed by atoms with van der Waals surface area (Å²) in [7, 11) is 4.00. The Morgan fingerprint density at radius 3 is 2.79 bits per heavy atom. The number of halogens is 2. The van der Waals surface area contributed by atoms with Crippen LogP contribution in [0.4, 0.5) is 16.4 Å². The Kier molecular flexibility index (Phi) is 8.79. The van der Waals surface area contributed by atoms with Gasteiger partial charge in [0.1, 0.15) is 10.8 Å². The van der Waals surface area contributed by atoms with E-state index >= 15 is 0 Å². The second-order valence-electron chi connectivity index (χ2n) is 7.25. The van der Waals surface area contributed by atoms with Gasteiger partial charge < -0.3 is 15.0 Å². The minimum atomic E-state index is 0. The quantitative estimate of drug-likeness (QED) is 0.706. The molecule has 2 aromatic rings. The van der Waals surface area contributed by atoms with Crippen molar-refractivity contribution in [3.8, 4) is 0 Å². The van der Waals surface area contributed by atoms with E-state index in [2.05, 4.69) is 59.4 Å². The van der Waals surface area contributed by atoms with Gasteiger partial charge in [-0.3, -0.25) is 4.90 Å². The van der Waals surface area contributed by atoms with Gasteiger partial charge in [-0.05, 0) is 38.1 Å². The first-order valence-corrected chi connectivity index (χ1v) is 10.5. The van der Waals surface area contributed by atoms with Crippen LogP contribution in [0.2, 0.25) is 0 Å². The molecule has 1 saturated heterocycles. The number of nitrogens with one attached hydrogen (secondary N) is 1. The number of para-hydroxylation sites is 2. The van der Waals surface area contributed by atoms with Crippen LogP contribution in [0.1, 0.15) is 23.8 Å². The van der Waals surface area contributed by atoms with Crippen molar-refractivity contribution >= 4 is 58.4 Å². The number of hydrogen-bond donors (Lipinski definition) is 1. The lowest BCUT2D eigenvalue weighted by Crippen LogP contribution is -2.53. The van der Waals surface area contributed by atoms with E-state index in [4.69, 9.17) is 9.73 Å². The molecule has 0 saturated carbocycles. The van der Waals surface area contributed by atoms with Crippen molar-refractivity contribution in [1.82, 2.24) is 9.80 Å². The molecule has 3 heterocycles. The number of nitrogens with zero attached hydrogens (tertiary/aromatic N) is 3. The van der Waals surface area contributed by atoms with Gasteiger partial charge in [0.05, 0.1) is 16.9 Å². The fraction of sp³-hybridized carbons (Fsp3) is 0.476. The third kappa shape index (κ3) is 5.06. The number of hydrogen-bond acceptors (Lipinski definition) is 6. The zero-order valence-electron chi connectivity index (χ0n) is 17.2. The molecule has 1 atom stereocenters. The molecule has 0 bridgehead atoms. The van der Waals surface area contributed by atoms with Crippen molar-refractivity contribution in [3.05, 3.63) is 40.8 Å². The molecule has 0 spiro atoms. The van der Waals surface area contributed by atoms with Gasteiger partial charge in [0.25, 0.3) is 0 Å². The van der Waals surface area contributed by atoms with Gasteiger partial charge in [0, 0.05) is 44.3 Å². The Hall–Kier alpha value is -1.31. The predicted molar refractivity (Wildman–Crippen MR) is 129 cm³/mol. The molecular formula is C21H30Cl2N4OS. The van der Waals surface area contributed by atoms with Crippen molar-refractivity contribution in [2.45, 2.75) is 25.8 Å². The van der Waals surface area contributed by atoms with Crippen molar-refractivity contribution in [2.75, 3.05) is 45.7 Å². The van der Waals surface area contributed by atoms with Gasteiger partial charge in [-0.25, -0.2) is 4.99 Å². The molecule has 160 valence electrons. The van der Waals surface area contributed by atoms with E-state index in [1.54, 1.807) is 7.11 Å². The number of amidine groups is 1. The minimum Gasteiger partial charge on any atom is -0.385 e. The second-order valence-corrected chi connectivity index (χ2v) is 8.39. The first-order chi connectivity index (χ1) is 13.2. The number of thiophene rings is 1. The minimum absolute atomic E-state index is 0. The van der Waals surface area contributed by atoms with Crippen LogP contribution in [0, 0.1) is 0 Å².